The zero-order valence-electron chi connectivity index (χ0n) is 15.6. The maximum atomic E-state index is 12.2. The van der Waals surface area contributed by atoms with Gasteiger partial charge in [0.15, 0.2) is 5.96 Å². The molecule has 1 unspecified atom stereocenters. The van der Waals surface area contributed by atoms with Crippen LogP contribution in [0.15, 0.2) is 35.3 Å². The standard InChI is InChI=1S/C20H30N4O.HI/c1-21-20(22-11-9-17-7-8-17)23-14-18-13-19(25)24(15-18)12-10-16-5-3-2-4-6-16;/h2-6,17-18H,7-15H2,1H3,(H2,21,22,23);1H. The minimum atomic E-state index is 0. The third kappa shape index (κ3) is 6.78. The molecule has 1 aromatic rings. The molecule has 1 aliphatic carbocycles. The van der Waals surface area contributed by atoms with Gasteiger partial charge in [-0.05, 0) is 24.3 Å². The Balaban J connectivity index is 0.00000243. The van der Waals surface area contributed by atoms with Crippen LogP contribution in [0.25, 0.3) is 0 Å². The largest absolute Gasteiger partial charge is 0.356 e. The number of hydrogen-bond donors (Lipinski definition) is 2. The van der Waals surface area contributed by atoms with Gasteiger partial charge in [0.05, 0.1) is 0 Å². The summed E-state index contributed by atoms with van der Waals surface area (Å²) in [6.45, 7) is 3.44. The molecule has 6 heteroatoms. The Hall–Kier alpha value is -1.31. The second-order valence-electron chi connectivity index (χ2n) is 7.26. The molecule has 3 rings (SSSR count). The molecule has 1 atom stereocenters. The van der Waals surface area contributed by atoms with Crippen LogP contribution in [0.4, 0.5) is 0 Å². The van der Waals surface area contributed by atoms with Crippen LogP contribution in [0, 0.1) is 11.8 Å². The number of likely N-dealkylation sites (tertiary alicyclic amines) is 1. The molecule has 0 aromatic heterocycles. The van der Waals surface area contributed by atoms with E-state index < -0.39 is 0 Å². The first-order valence-electron chi connectivity index (χ1n) is 9.51. The molecule has 1 aromatic carbocycles. The van der Waals surface area contributed by atoms with Gasteiger partial charge in [-0.2, -0.15) is 0 Å². The lowest BCUT2D eigenvalue weighted by molar-refractivity contribution is -0.127. The Labute approximate surface area is 174 Å². The average molecular weight is 470 g/mol. The fraction of sp³-hybridized carbons (Fsp3) is 0.600. The van der Waals surface area contributed by atoms with Gasteiger partial charge in [-0.1, -0.05) is 43.2 Å². The van der Waals surface area contributed by atoms with E-state index in [-0.39, 0.29) is 29.9 Å². The first-order valence-corrected chi connectivity index (χ1v) is 9.51. The minimum Gasteiger partial charge on any atom is -0.356 e. The van der Waals surface area contributed by atoms with Gasteiger partial charge in [0.1, 0.15) is 0 Å². The molecular formula is C20H31IN4O. The number of amides is 1. The van der Waals surface area contributed by atoms with Crippen molar-refractivity contribution in [3.8, 4) is 0 Å². The average Bonchev–Trinajstić information content (AvgIpc) is 3.39. The Morgan fingerprint density at radius 1 is 1.19 bits per heavy atom. The SMILES string of the molecule is CN=C(NCCC1CC1)NCC1CC(=O)N(CCc2ccccc2)C1.I. The molecule has 2 fully saturated rings. The number of carbonyl (C=O) groups is 1. The molecule has 5 nitrogen and oxygen atoms in total. The molecule has 26 heavy (non-hydrogen) atoms. The van der Waals surface area contributed by atoms with Crippen molar-refractivity contribution in [1.29, 1.82) is 0 Å². The molecule has 0 radical (unpaired) electrons. The van der Waals surface area contributed by atoms with Gasteiger partial charge in [0.25, 0.3) is 0 Å². The van der Waals surface area contributed by atoms with Gasteiger partial charge in [0, 0.05) is 45.6 Å². The summed E-state index contributed by atoms with van der Waals surface area (Å²) in [6, 6.07) is 10.4. The van der Waals surface area contributed by atoms with E-state index in [1.165, 1.54) is 24.8 Å². The summed E-state index contributed by atoms with van der Waals surface area (Å²) in [6.07, 6.45) is 5.57. The second kappa shape index (κ2) is 10.7. The van der Waals surface area contributed by atoms with Crippen LogP contribution in [0.3, 0.4) is 0 Å². The zero-order chi connectivity index (χ0) is 17.5. The Morgan fingerprint density at radius 2 is 1.96 bits per heavy atom. The van der Waals surface area contributed by atoms with Gasteiger partial charge >= 0.3 is 0 Å². The van der Waals surface area contributed by atoms with Crippen LogP contribution in [0.2, 0.25) is 0 Å². The minimum absolute atomic E-state index is 0. The number of nitrogens with one attached hydrogen (secondary N) is 2. The predicted octanol–water partition coefficient (Wildman–Crippen LogP) is 2.66. The van der Waals surface area contributed by atoms with E-state index in [2.05, 4.69) is 39.9 Å². The molecule has 1 amide bonds. The van der Waals surface area contributed by atoms with Gasteiger partial charge < -0.3 is 15.5 Å². The Bertz CT molecular complexity index is 589. The van der Waals surface area contributed by atoms with Crippen molar-refractivity contribution in [2.24, 2.45) is 16.8 Å². The van der Waals surface area contributed by atoms with Crippen molar-refractivity contribution >= 4 is 35.8 Å². The molecule has 1 aliphatic heterocycles. The van der Waals surface area contributed by atoms with Crippen molar-refractivity contribution in [2.45, 2.75) is 32.1 Å². The van der Waals surface area contributed by atoms with Crippen LogP contribution in [-0.4, -0.2) is 50.0 Å². The number of aliphatic imine (C=N–C) groups is 1. The molecule has 0 bridgehead atoms. The fourth-order valence-corrected chi connectivity index (χ4v) is 3.38. The topological polar surface area (TPSA) is 56.7 Å². The summed E-state index contributed by atoms with van der Waals surface area (Å²) in [5.41, 5.74) is 1.29. The van der Waals surface area contributed by atoms with E-state index in [1.807, 2.05) is 11.0 Å². The highest BCUT2D eigenvalue weighted by atomic mass is 127. The number of hydrogen-bond acceptors (Lipinski definition) is 2. The van der Waals surface area contributed by atoms with E-state index >= 15 is 0 Å². The van der Waals surface area contributed by atoms with E-state index in [0.29, 0.717) is 12.3 Å². The number of nitrogens with zero attached hydrogens (tertiary/aromatic N) is 2. The summed E-state index contributed by atoms with van der Waals surface area (Å²) in [7, 11) is 1.80. The second-order valence-corrected chi connectivity index (χ2v) is 7.26. The number of guanidine groups is 1. The van der Waals surface area contributed by atoms with Crippen molar-refractivity contribution < 1.29 is 4.79 Å². The summed E-state index contributed by atoms with van der Waals surface area (Å²) in [4.78, 5) is 18.5. The van der Waals surface area contributed by atoms with Crippen LogP contribution < -0.4 is 10.6 Å². The number of rotatable bonds is 8. The third-order valence-electron chi connectivity index (χ3n) is 5.13. The van der Waals surface area contributed by atoms with Crippen LogP contribution in [0.1, 0.15) is 31.2 Å². The van der Waals surface area contributed by atoms with Crippen molar-refractivity contribution in [3.63, 3.8) is 0 Å². The van der Waals surface area contributed by atoms with Crippen molar-refractivity contribution in [1.82, 2.24) is 15.5 Å². The fourth-order valence-electron chi connectivity index (χ4n) is 3.38. The van der Waals surface area contributed by atoms with E-state index in [0.717, 1.165) is 44.5 Å². The van der Waals surface area contributed by atoms with Crippen molar-refractivity contribution in [2.75, 3.05) is 33.2 Å². The van der Waals surface area contributed by atoms with E-state index in [1.54, 1.807) is 7.05 Å². The Kier molecular flexibility index (Phi) is 8.68. The first kappa shape index (κ1) is 21.0. The molecule has 1 saturated carbocycles. The lowest BCUT2D eigenvalue weighted by Crippen LogP contribution is -2.40. The smallest absolute Gasteiger partial charge is 0.223 e. The Morgan fingerprint density at radius 3 is 2.65 bits per heavy atom. The number of halogens is 1. The van der Waals surface area contributed by atoms with Crippen LogP contribution >= 0.6 is 24.0 Å². The summed E-state index contributed by atoms with van der Waals surface area (Å²) < 4.78 is 0. The quantitative estimate of drug-likeness (QED) is 0.349. The molecule has 1 heterocycles. The molecule has 2 N–H and O–H groups in total. The highest BCUT2D eigenvalue weighted by Gasteiger charge is 2.29. The van der Waals surface area contributed by atoms with Gasteiger partial charge in [-0.25, -0.2) is 0 Å². The van der Waals surface area contributed by atoms with Crippen LogP contribution in [-0.2, 0) is 11.2 Å². The maximum absolute atomic E-state index is 12.2. The summed E-state index contributed by atoms with van der Waals surface area (Å²) in [5.74, 6) is 2.43. The maximum Gasteiger partial charge on any atom is 0.223 e. The molecule has 2 aliphatic rings. The van der Waals surface area contributed by atoms with E-state index in [4.69, 9.17) is 0 Å². The van der Waals surface area contributed by atoms with Gasteiger partial charge in [-0.3, -0.25) is 9.79 Å². The van der Waals surface area contributed by atoms with Crippen LogP contribution in [0.5, 0.6) is 0 Å². The van der Waals surface area contributed by atoms with Crippen molar-refractivity contribution in [3.05, 3.63) is 35.9 Å². The number of benzene rings is 1. The number of carbonyl (C=O) groups excluding carboxylic acids is 1. The summed E-state index contributed by atoms with van der Waals surface area (Å²) >= 11 is 0. The zero-order valence-corrected chi connectivity index (χ0v) is 17.9. The summed E-state index contributed by atoms with van der Waals surface area (Å²) in [5, 5.41) is 6.75. The van der Waals surface area contributed by atoms with Gasteiger partial charge in [-0.15, -0.1) is 24.0 Å². The molecular weight excluding hydrogens is 439 g/mol. The predicted molar refractivity (Wildman–Crippen MR) is 117 cm³/mol. The normalized spacial score (nSPS) is 20.0. The highest BCUT2D eigenvalue weighted by Crippen LogP contribution is 2.31. The third-order valence-corrected chi connectivity index (χ3v) is 5.13. The monoisotopic (exact) mass is 470 g/mol. The van der Waals surface area contributed by atoms with E-state index in [9.17, 15) is 4.79 Å². The van der Waals surface area contributed by atoms with Gasteiger partial charge in [0.2, 0.25) is 5.91 Å². The highest BCUT2D eigenvalue weighted by molar-refractivity contribution is 14.0. The lowest BCUT2D eigenvalue weighted by atomic mass is 10.1. The molecule has 0 spiro atoms. The first-order chi connectivity index (χ1) is 12.2. The lowest BCUT2D eigenvalue weighted by Gasteiger charge is -2.18. The molecule has 144 valence electrons. The molecule has 1 saturated heterocycles.